The molecule has 2 aromatic carbocycles. The fourth-order valence-corrected chi connectivity index (χ4v) is 2.51. The van der Waals surface area contributed by atoms with E-state index < -0.39 is 5.92 Å². The Morgan fingerprint density at radius 1 is 1.20 bits per heavy atom. The Hall–Kier alpha value is -2.56. The molecule has 3 nitrogen and oxygen atoms in total. The van der Waals surface area contributed by atoms with Crippen molar-refractivity contribution in [2.45, 2.75) is 33.6 Å². The lowest BCUT2D eigenvalue weighted by Gasteiger charge is -2.15. The maximum absolute atomic E-state index is 13.4. The minimum Gasteiger partial charge on any atom is -0.486 e. The number of allylic oxidation sites excluding steroid dienone is 2. The summed E-state index contributed by atoms with van der Waals surface area (Å²) in [5.41, 5.74) is 0.550. The summed E-state index contributed by atoms with van der Waals surface area (Å²) in [5.74, 6) is -2.69. The van der Waals surface area contributed by atoms with Crippen LogP contribution in [0.2, 0.25) is 0 Å². The molecule has 0 N–H and O–H groups in total. The summed E-state index contributed by atoms with van der Waals surface area (Å²) in [7, 11) is 0. The van der Waals surface area contributed by atoms with Crippen LogP contribution in [0, 0.1) is 0 Å². The highest BCUT2D eigenvalue weighted by Gasteiger charge is 2.26. The number of benzene rings is 2. The van der Waals surface area contributed by atoms with Gasteiger partial charge in [-0.2, -0.15) is 8.78 Å². The van der Waals surface area contributed by atoms with Gasteiger partial charge in [0.05, 0.1) is 11.3 Å². The standard InChI is InChI=1S/C20H21F2NO2/c1-5-18(20(4,21)22)23-13(2)12-25-19-16(14(3)24)11-10-15-8-6-7-9-17(15)19/h5-11H,12H2,1-4H3/b18-5-,23-13+. The number of hydrogen-bond acceptors (Lipinski definition) is 3. The molecule has 5 heteroatoms. The molecule has 0 aliphatic rings. The molecule has 2 rings (SSSR count). The van der Waals surface area contributed by atoms with Gasteiger partial charge in [0.2, 0.25) is 0 Å². The van der Waals surface area contributed by atoms with E-state index in [2.05, 4.69) is 4.99 Å². The number of alkyl halides is 2. The Bertz CT molecular complexity index is 848. The van der Waals surface area contributed by atoms with Crippen LogP contribution in [-0.2, 0) is 0 Å². The smallest absolute Gasteiger partial charge is 0.286 e. The Morgan fingerprint density at radius 3 is 2.48 bits per heavy atom. The fraction of sp³-hybridized carbons (Fsp3) is 0.300. The molecule has 0 aliphatic carbocycles. The lowest BCUT2D eigenvalue weighted by atomic mass is 10.0. The molecule has 0 saturated carbocycles. The van der Waals surface area contributed by atoms with Crippen LogP contribution in [-0.4, -0.2) is 24.0 Å². The molecule has 0 fully saturated rings. The highest BCUT2D eigenvalue weighted by atomic mass is 19.3. The van der Waals surface area contributed by atoms with E-state index in [4.69, 9.17) is 4.74 Å². The number of halogens is 2. The number of ketones is 1. The molecule has 25 heavy (non-hydrogen) atoms. The summed E-state index contributed by atoms with van der Waals surface area (Å²) >= 11 is 0. The lowest BCUT2D eigenvalue weighted by Crippen LogP contribution is -2.16. The number of nitrogens with zero attached hydrogens (tertiary/aromatic N) is 1. The second kappa shape index (κ2) is 7.55. The van der Waals surface area contributed by atoms with Crippen molar-refractivity contribution in [3.05, 3.63) is 53.7 Å². The van der Waals surface area contributed by atoms with Crippen LogP contribution < -0.4 is 4.74 Å². The zero-order valence-corrected chi connectivity index (χ0v) is 14.8. The first-order valence-electron chi connectivity index (χ1n) is 7.98. The average Bonchev–Trinajstić information content (AvgIpc) is 2.56. The van der Waals surface area contributed by atoms with Crippen LogP contribution in [0.15, 0.2) is 53.2 Å². The second-order valence-electron chi connectivity index (χ2n) is 5.92. The minimum absolute atomic E-state index is 0.0156. The minimum atomic E-state index is -3.01. The molecule has 0 aliphatic heterocycles. The van der Waals surface area contributed by atoms with Crippen LogP contribution in [0.1, 0.15) is 38.1 Å². The van der Waals surface area contributed by atoms with Crippen molar-refractivity contribution in [3.63, 3.8) is 0 Å². The van der Waals surface area contributed by atoms with E-state index in [9.17, 15) is 13.6 Å². The Kier molecular flexibility index (Phi) is 5.67. The van der Waals surface area contributed by atoms with Gasteiger partial charge in [0.25, 0.3) is 5.92 Å². The molecule has 0 radical (unpaired) electrons. The second-order valence-corrected chi connectivity index (χ2v) is 5.92. The van der Waals surface area contributed by atoms with Gasteiger partial charge in [-0.3, -0.25) is 9.79 Å². The first-order chi connectivity index (χ1) is 11.7. The van der Waals surface area contributed by atoms with Crippen molar-refractivity contribution in [1.29, 1.82) is 0 Å². The van der Waals surface area contributed by atoms with Crippen molar-refractivity contribution in [2.75, 3.05) is 6.61 Å². The van der Waals surface area contributed by atoms with E-state index in [1.807, 2.05) is 30.3 Å². The van der Waals surface area contributed by atoms with E-state index in [1.165, 1.54) is 19.9 Å². The van der Waals surface area contributed by atoms with E-state index in [0.717, 1.165) is 17.7 Å². The van der Waals surface area contributed by atoms with Gasteiger partial charge in [-0.15, -0.1) is 0 Å². The number of ether oxygens (including phenoxy) is 1. The highest BCUT2D eigenvalue weighted by Crippen LogP contribution is 2.30. The topological polar surface area (TPSA) is 38.7 Å². The summed E-state index contributed by atoms with van der Waals surface area (Å²) < 4.78 is 32.7. The molecule has 0 bridgehead atoms. The maximum Gasteiger partial charge on any atom is 0.286 e. The van der Waals surface area contributed by atoms with Gasteiger partial charge in [0.1, 0.15) is 18.1 Å². The molecule has 132 valence electrons. The zero-order valence-electron chi connectivity index (χ0n) is 14.8. The predicted molar refractivity (Wildman–Crippen MR) is 96.9 cm³/mol. The Morgan fingerprint density at radius 2 is 1.88 bits per heavy atom. The van der Waals surface area contributed by atoms with Gasteiger partial charge in [-0.05, 0) is 32.2 Å². The van der Waals surface area contributed by atoms with Crippen molar-refractivity contribution in [1.82, 2.24) is 0 Å². The number of Topliss-reactive ketones (excluding diaryl/α,β-unsaturated/α-hetero) is 1. The van der Waals surface area contributed by atoms with E-state index in [0.29, 0.717) is 17.0 Å². The molecular weight excluding hydrogens is 324 g/mol. The molecule has 0 spiro atoms. The Balaban J connectivity index is 2.34. The third-order valence-electron chi connectivity index (χ3n) is 3.72. The quantitative estimate of drug-likeness (QED) is 0.516. The molecule has 2 aromatic rings. The number of fused-ring (bicyclic) bond motifs is 1. The first kappa shape index (κ1) is 18.8. The van der Waals surface area contributed by atoms with E-state index >= 15 is 0 Å². The number of hydrogen-bond donors (Lipinski definition) is 0. The molecule has 0 aromatic heterocycles. The van der Waals surface area contributed by atoms with E-state index in [1.54, 1.807) is 13.0 Å². The molecule has 0 heterocycles. The molecular formula is C20H21F2NO2. The van der Waals surface area contributed by atoms with Gasteiger partial charge < -0.3 is 4.74 Å². The summed E-state index contributed by atoms with van der Waals surface area (Å²) in [6, 6.07) is 11.1. The summed E-state index contributed by atoms with van der Waals surface area (Å²) in [6.45, 7) is 5.42. The molecule has 0 unspecified atom stereocenters. The molecule has 0 atom stereocenters. The summed E-state index contributed by atoms with van der Waals surface area (Å²) in [4.78, 5) is 15.8. The highest BCUT2D eigenvalue weighted by molar-refractivity contribution is 6.04. The SMILES string of the molecule is C/C=C(\N=C(/C)COc1c(C(C)=O)ccc2ccccc12)C(C)(F)F. The molecule has 0 saturated heterocycles. The monoisotopic (exact) mass is 345 g/mol. The van der Waals surface area contributed by atoms with Gasteiger partial charge in [0, 0.05) is 12.3 Å². The van der Waals surface area contributed by atoms with Crippen LogP contribution in [0.3, 0.4) is 0 Å². The molecule has 0 amide bonds. The number of carbonyl (C=O) groups is 1. The van der Waals surface area contributed by atoms with Crippen molar-refractivity contribution in [3.8, 4) is 5.75 Å². The number of carbonyl (C=O) groups excluding carboxylic acids is 1. The zero-order chi connectivity index (χ0) is 18.6. The Labute approximate surface area is 146 Å². The van der Waals surface area contributed by atoms with Gasteiger partial charge in [-0.25, -0.2) is 0 Å². The van der Waals surface area contributed by atoms with Crippen molar-refractivity contribution < 1.29 is 18.3 Å². The predicted octanol–water partition coefficient (Wildman–Crippen LogP) is 5.44. The van der Waals surface area contributed by atoms with Crippen LogP contribution >= 0.6 is 0 Å². The van der Waals surface area contributed by atoms with Gasteiger partial charge in [-0.1, -0.05) is 36.4 Å². The maximum atomic E-state index is 13.4. The number of aliphatic imine (C=N–C) groups is 1. The van der Waals surface area contributed by atoms with Crippen LogP contribution in [0.5, 0.6) is 5.75 Å². The summed E-state index contributed by atoms with van der Waals surface area (Å²) in [5, 5.41) is 1.74. The van der Waals surface area contributed by atoms with Crippen molar-refractivity contribution >= 4 is 22.3 Å². The fourth-order valence-electron chi connectivity index (χ4n) is 2.51. The summed E-state index contributed by atoms with van der Waals surface area (Å²) in [6.07, 6.45) is 1.28. The van der Waals surface area contributed by atoms with E-state index in [-0.39, 0.29) is 18.1 Å². The third kappa shape index (κ3) is 4.50. The van der Waals surface area contributed by atoms with Gasteiger partial charge in [0.15, 0.2) is 5.78 Å². The average molecular weight is 345 g/mol. The van der Waals surface area contributed by atoms with Crippen molar-refractivity contribution in [2.24, 2.45) is 4.99 Å². The third-order valence-corrected chi connectivity index (χ3v) is 3.72. The van der Waals surface area contributed by atoms with Crippen LogP contribution in [0.4, 0.5) is 8.78 Å². The number of rotatable bonds is 6. The van der Waals surface area contributed by atoms with Crippen LogP contribution in [0.25, 0.3) is 10.8 Å². The lowest BCUT2D eigenvalue weighted by molar-refractivity contribution is 0.0619. The largest absolute Gasteiger partial charge is 0.486 e. The first-order valence-corrected chi connectivity index (χ1v) is 7.98. The van der Waals surface area contributed by atoms with Gasteiger partial charge >= 0.3 is 0 Å². The normalized spacial score (nSPS) is 13.2.